The number of fused-ring (bicyclic) bond motifs is 1. The highest BCUT2D eigenvalue weighted by atomic mass is 16.5. The van der Waals surface area contributed by atoms with Crippen molar-refractivity contribution in [2.24, 2.45) is 5.41 Å². The number of anilines is 2. The molecule has 3 unspecified atom stereocenters. The first-order valence-electron chi connectivity index (χ1n) is 23.1. The van der Waals surface area contributed by atoms with Crippen LogP contribution < -0.4 is 36.6 Å². The quantitative estimate of drug-likeness (QED) is 0.0918. The van der Waals surface area contributed by atoms with Gasteiger partial charge >= 0.3 is 0 Å². The number of aryl methyl sites for hydroxylation is 1. The van der Waals surface area contributed by atoms with Gasteiger partial charge in [0.1, 0.15) is 24.0 Å². The number of piperazine rings is 1. The van der Waals surface area contributed by atoms with Crippen LogP contribution in [0.3, 0.4) is 0 Å². The van der Waals surface area contributed by atoms with Gasteiger partial charge in [0.25, 0.3) is 17.7 Å². The molecule has 5 heterocycles. The van der Waals surface area contributed by atoms with Gasteiger partial charge in [-0.05, 0) is 130 Å². The number of imide groups is 2. The van der Waals surface area contributed by atoms with Gasteiger partial charge in [0, 0.05) is 68.4 Å². The lowest BCUT2D eigenvalue weighted by atomic mass is 9.90. The van der Waals surface area contributed by atoms with E-state index in [4.69, 9.17) is 4.74 Å². The molecule has 6 aliphatic rings. The number of ether oxygens (including phenoxy) is 1. The molecule has 0 radical (unpaired) electrons. The lowest BCUT2D eigenvalue weighted by Gasteiger charge is -2.35. The predicted molar refractivity (Wildman–Crippen MR) is 252 cm³/mol. The van der Waals surface area contributed by atoms with Crippen molar-refractivity contribution in [2.45, 2.75) is 70.4 Å². The first-order chi connectivity index (χ1) is 32.3. The number of hydrogen-bond donors (Lipinski definition) is 7. The molecular formula is C51H57N9O7. The minimum absolute atomic E-state index is 0.0674. The number of hydrogen-bond acceptors (Lipinski definition) is 13. The van der Waals surface area contributed by atoms with E-state index in [-0.39, 0.29) is 48.0 Å². The van der Waals surface area contributed by atoms with Crippen LogP contribution in [0.4, 0.5) is 11.4 Å². The summed E-state index contributed by atoms with van der Waals surface area (Å²) in [6, 6.07) is 17.3. The van der Waals surface area contributed by atoms with E-state index < -0.39 is 34.8 Å². The average Bonchev–Trinajstić information content (AvgIpc) is 4.06. The van der Waals surface area contributed by atoms with Gasteiger partial charge in [-0.1, -0.05) is 36.1 Å². The first-order valence-corrected chi connectivity index (χ1v) is 23.1. The van der Waals surface area contributed by atoms with Crippen LogP contribution >= 0.6 is 0 Å². The van der Waals surface area contributed by atoms with E-state index >= 15 is 0 Å². The van der Waals surface area contributed by atoms with Crippen molar-refractivity contribution in [2.75, 3.05) is 63.1 Å². The number of nitrogens with one attached hydrogen (secondary N) is 6. The SMILES string of the molecule is Cc1cc(NC(=O)c2ccc(CN3CCN(CCCC(C)(O)C#CCOc4cccc5c4C(=O)N(C4CC6(CC6)C(=O)NC4=O)C5=O)CC3)cc2)ccc1NC1NCC=C(C2=CC=CNC2)N1. The molecule has 16 heteroatoms. The van der Waals surface area contributed by atoms with Gasteiger partial charge in [0.2, 0.25) is 11.8 Å². The Morgan fingerprint density at radius 3 is 2.54 bits per heavy atom. The number of dihydropyridines is 1. The average molecular weight is 908 g/mol. The Kier molecular flexibility index (Phi) is 13.0. The molecule has 348 valence electrons. The van der Waals surface area contributed by atoms with Crippen molar-refractivity contribution in [3.63, 3.8) is 0 Å². The van der Waals surface area contributed by atoms with Crippen molar-refractivity contribution >= 4 is 40.9 Å². The number of carbonyl (C=O) groups is 5. The summed E-state index contributed by atoms with van der Waals surface area (Å²) in [5.74, 6) is 3.55. The van der Waals surface area contributed by atoms with E-state index in [2.05, 4.69) is 65.7 Å². The summed E-state index contributed by atoms with van der Waals surface area (Å²) in [6.07, 6.45) is 10.6. The van der Waals surface area contributed by atoms with Crippen LogP contribution in [-0.4, -0.2) is 120 Å². The number of rotatable bonds is 14. The Hall–Kier alpha value is -6.77. The van der Waals surface area contributed by atoms with Gasteiger partial charge < -0.3 is 36.0 Å². The molecule has 3 atom stereocenters. The summed E-state index contributed by atoms with van der Waals surface area (Å²) in [5, 5.41) is 30.1. The zero-order valence-electron chi connectivity index (χ0n) is 37.9. The van der Waals surface area contributed by atoms with Gasteiger partial charge in [-0.3, -0.25) is 44.4 Å². The molecule has 1 aliphatic carbocycles. The van der Waals surface area contributed by atoms with Crippen LogP contribution in [0.1, 0.15) is 81.2 Å². The molecule has 2 saturated heterocycles. The third-order valence-electron chi connectivity index (χ3n) is 13.4. The van der Waals surface area contributed by atoms with E-state index in [1.54, 1.807) is 19.1 Å². The van der Waals surface area contributed by atoms with Crippen LogP contribution in [0.15, 0.2) is 96.4 Å². The Balaban J connectivity index is 0.677. The molecule has 0 aromatic heterocycles. The van der Waals surface area contributed by atoms with E-state index in [0.29, 0.717) is 24.8 Å². The zero-order valence-corrected chi connectivity index (χ0v) is 37.9. The molecule has 16 nitrogen and oxygen atoms in total. The zero-order chi connectivity index (χ0) is 46.7. The Morgan fingerprint density at radius 1 is 1.00 bits per heavy atom. The van der Waals surface area contributed by atoms with Crippen LogP contribution in [0, 0.1) is 24.2 Å². The minimum atomic E-state index is -1.25. The van der Waals surface area contributed by atoms with E-state index in [1.807, 2.05) is 61.7 Å². The second kappa shape index (κ2) is 19.2. The monoisotopic (exact) mass is 907 g/mol. The lowest BCUT2D eigenvalue weighted by molar-refractivity contribution is -0.141. The molecule has 3 fully saturated rings. The molecule has 3 aromatic rings. The summed E-state index contributed by atoms with van der Waals surface area (Å²) in [7, 11) is 0. The van der Waals surface area contributed by atoms with Crippen molar-refractivity contribution in [3.05, 3.63) is 124 Å². The number of nitrogens with zero attached hydrogens (tertiary/aromatic N) is 3. The molecule has 1 spiro atoms. The summed E-state index contributed by atoms with van der Waals surface area (Å²) >= 11 is 0. The van der Waals surface area contributed by atoms with Crippen LogP contribution in [-0.2, 0) is 16.1 Å². The fraction of sp³-hybridized carbons (Fsp3) is 0.392. The Bertz CT molecular complexity index is 2620. The third-order valence-corrected chi connectivity index (χ3v) is 13.4. The van der Waals surface area contributed by atoms with Crippen molar-refractivity contribution in [1.29, 1.82) is 0 Å². The number of allylic oxidation sites excluding steroid dienone is 2. The Morgan fingerprint density at radius 2 is 1.79 bits per heavy atom. The van der Waals surface area contributed by atoms with Crippen LogP contribution in [0.5, 0.6) is 5.75 Å². The van der Waals surface area contributed by atoms with Gasteiger partial charge in [-0.2, -0.15) is 0 Å². The van der Waals surface area contributed by atoms with Gasteiger partial charge in [-0.25, -0.2) is 0 Å². The fourth-order valence-corrected chi connectivity index (χ4v) is 9.35. The molecular weight excluding hydrogens is 851 g/mol. The minimum Gasteiger partial charge on any atom is -0.480 e. The maximum atomic E-state index is 13.5. The first kappa shape index (κ1) is 45.4. The lowest BCUT2D eigenvalue weighted by Crippen LogP contribution is -2.58. The highest BCUT2D eigenvalue weighted by molar-refractivity contribution is 6.24. The summed E-state index contributed by atoms with van der Waals surface area (Å²) in [5.41, 5.74) is 5.01. The number of benzene rings is 3. The smallest absolute Gasteiger partial charge is 0.266 e. The summed E-state index contributed by atoms with van der Waals surface area (Å²) < 4.78 is 5.85. The van der Waals surface area contributed by atoms with Crippen LogP contribution in [0.2, 0.25) is 0 Å². The molecule has 9 rings (SSSR count). The van der Waals surface area contributed by atoms with E-state index in [1.165, 1.54) is 11.6 Å². The van der Waals surface area contributed by atoms with Crippen molar-refractivity contribution in [1.82, 2.24) is 36.0 Å². The Labute approximate surface area is 390 Å². The van der Waals surface area contributed by atoms with E-state index in [9.17, 15) is 29.1 Å². The van der Waals surface area contributed by atoms with E-state index in [0.717, 1.165) is 91.9 Å². The fourth-order valence-electron chi connectivity index (χ4n) is 9.35. The van der Waals surface area contributed by atoms with Crippen molar-refractivity contribution in [3.8, 4) is 17.6 Å². The molecule has 7 N–H and O–H groups in total. The van der Waals surface area contributed by atoms with Crippen molar-refractivity contribution < 1.29 is 33.8 Å². The van der Waals surface area contributed by atoms with Crippen LogP contribution in [0.25, 0.3) is 0 Å². The topological polar surface area (TPSA) is 197 Å². The maximum absolute atomic E-state index is 13.5. The maximum Gasteiger partial charge on any atom is 0.266 e. The summed E-state index contributed by atoms with van der Waals surface area (Å²) in [6.45, 7) is 10.3. The molecule has 3 aromatic carbocycles. The number of piperidine rings is 1. The third kappa shape index (κ3) is 10.3. The number of amides is 5. The van der Waals surface area contributed by atoms with Gasteiger partial charge in [0.05, 0.1) is 16.5 Å². The largest absolute Gasteiger partial charge is 0.480 e. The van der Waals surface area contributed by atoms with Gasteiger partial charge in [0.15, 0.2) is 6.29 Å². The molecule has 0 bridgehead atoms. The second-order valence-electron chi connectivity index (χ2n) is 18.4. The molecule has 5 aliphatic heterocycles. The van der Waals surface area contributed by atoms with Gasteiger partial charge in [-0.15, -0.1) is 0 Å². The normalized spacial score (nSPS) is 22.0. The summed E-state index contributed by atoms with van der Waals surface area (Å²) in [4.78, 5) is 70.9. The number of aliphatic hydroxyl groups is 1. The molecule has 5 amide bonds. The highest BCUT2D eigenvalue weighted by Crippen LogP contribution is 2.52. The predicted octanol–water partition coefficient (Wildman–Crippen LogP) is 3.59. The highest BCUT2D eigenvalue weighted by Gasteiger charge is 2.59. The standard InChI is InChI=1S/C51H57N9O7/c1-33-29-37(14-15-39(33)55-49-53-22-16-40(56-49)36-7-4-21-52-31-36)54-44(61)35-12-10-34(11-13-35)32-59-26-24-58(25-27-59)23-5-17-50(2,66)18-6-28-67-42-9-3-8-38-43(42)47(64)60(46(38)63)41-30-51(19-20-51)48(65)57-45(41)62/h3-4,7-16,21,29,41,49,52-53,55-56,66H,5,17,19-20,22-28,30-32H2,1-2H3,(H,54,61)(H,57,62,65). The molecule has 1 saturated carbocycles. The molecule has 67 heavy (non-hydrogen) atoms. The second-order valence-corrected chi connectivity index (χ2v) is 18.4. The number of carbonyl (C=O) groups excluding carboxylic acids is 5.